The molecule has 254 valence electrons. The molecule has 0 aromatic carbocycles. The summed E-state index contributed by atoms with van der Waals surface area (Å²) in [6.07, 6.45) is 4.86. The van der Waals surface area contributed by atoms with Gasteiger partial charge in [0.2, 0.25) is 0 Å². The number of fused-ring (bicyclic) bond motifs is 1. The van der Waals surface area contributed by atoms with E-state index in [-0.39, 0.29) is 22.8 Å². The van der Waals surface area contributed by atoms with E-state index >= 15 is 0 Å². The van der Waals surface area contributed by atoms with Crippen molar-refractivity contribution in [3.05, 3.63) is 42.7 Å². The van der Waals surface area contributed by atoms with Crippen LogP contribution < -0.4 is 5.73 Å². The van der Waals surface area contributed by atoms with E-state index in [1.807, 2.05) is 16.7 Å². The molecule has 3 aromatic rings. The zero-order valence-electron chi connectivity index (χ0n) is 28.6. The van der Waals surface area contributed by atoms with Crippen LogP contribution in [0, 0.1) is 0 Å². The zero-order chi connectivity index (χ0) is 33.7. The molecular formula is C30H49N6O6PSSi2. The van der Waals surface area contributed by atoms with Gasteiger partial charge in [0, 0.05) is 18.8 Å². The first-order valence-electron chi connectivity index (χ1n) is 15.7. The summed E-state index contributed by atoms with van der Waals surface area (Å²) in [5.41, 5.74) is 8.22. The van der Waals surface area contributed by atoms with Crippen molar-refractivity contribution < 1.29 is 27.2 Å². The summed E-state index contributed by atoms with van der Waals surface area (Å²) in [7, 11) is -4.71. The molecule has 0 radical (unpaired) electrons. The van der Waals surface area contributed by atoms with Gasteiger partial charge < -0.3 is 32.9 Å². The highest BCUT2D eigenvalue weighted by atomic mass is 32.5. The van der Waals surface area contributed by atoms with Crippen LogP contribution in [0.3, 0.4) is 0 Å². The highest BCUT2D eigenvalue weighted by Crippen LogP contribution is 2.58. The summed E-state index contributed by atoms with van der Waals surface area (Å²) in [4.78, 5) is 17.3. The van der Waals surface area contributed by atoms with Gasteiger partial charge in [-0.25, -0.2) is 15.0 Å². The van der Waals surface area contributed by atoms with Crippen LogP contribution in [-0.4, -0.2) is 72.7 Å². The molecule has 0 amide bonds. The van der Waals surface area contributed by atoms with Crippen molar-refractivity contribution in [1.82, 2.24) is 24.5 Å². The summed E-state index contributed by atoms with van der Waals surface area (Å²) in [5.74, 6) is 0.297. The lowest BCUT2D eigenvalue weighted by Gasteiger charge is -2.44. The van der Waals surface area contributed by atoms with Crippen LogP contribution in [-0.2, 0) is 39.0 Å². The number of imidazole rings is 1. The summed E-state index contributed by atoms with van der Waals surface area (Å²) in [6.45, 7) is 19.7. The standard InChI is InChI=1S/C30H49N6O6PSSi2/c1-29(2,3)45(7,8)41-24-22(17-38-43(44)37-16-13-21(40-43)20-11-14-32-15-12-20)39-28(25(24)42-46(9,10)30(4,5)6)36-19-35-23-26(31)33-18-34-27(23)36/h11-12,14-15,18-19,21-22,24-25,28H,13,16-17H2,1-10H3,(H2,31,33,34)/t21?,22-,24-,25-,28-,43?/m1/s1. The number of rotatable bonds is 9. The molecule has 2 N–H and O–H groups in total. The smallest absolute Gasteiger partial charge is 0.327 e. The fraction of sp³-hybridized carbons (Fsp3) is 0.667. The second-order valence-electron chi connectivity index (χ2n) is 15.1. The van der Waals surface area contributed by atoms with Crippen molar-refractivity contribution in [1.29, 1.82) is 0 Å². The van der Waals surface area contributed by atoms with E-state index < -0.39 is 47.9 Å². The molecule has 5 heterocycles. The van der Waals surface area contributed by atoms with E-state index in [4.69, 9.17) is 44.7 Å². The molecule has 5 rings (SSSR count). The first-order chi connectivity index (χ1) is 21.3. The average molecular weight is 709 g/mol. The fourth-order valence-corrected chi connectivity index (χ4v) is 9.69. The monoisotopic (exact) mass is 708 g/mol. The molecule has 2 unspecified atom stereocenters. The molecule has 0 spiro atoms. The molecule has 2 aliphatic rings. The number of nitrogen functional groups attached to an aromatic ring is 1. The van der Waals surface area contributed by atoms with Crippen molar-refractivity contribution in [2.45, 2.75) is 115 Å². The van der Waals surface area contributed by atoms with Crippen LogP contribution >= 0.6 is 6.72 Å². The zero-order valence-corrected chi connectivity index (χ0v) is 32.3. The number of nitrogens with two attached hydrogens (primary N) is 1. The summed E-state index contributed by atoms with van der Waals surface area (Å²) >= 11 is 5.90. The van der Waals surface area contributed by atoms with Gasteiger partial charge in [0.25, 0.3) is 0 Å². The maximum Gasteiger partial charge on any atom is 0.327 e. The third-order valence-electron chi connectivity index (χ3n) is 9.78. The topological polar surface area (TPSA) is 138 Å². The average Bonchev–Trinajstić information content (AvgIpc) is 3.53. The molecule has 2 saturated heterocycles. The summed E-state index contributed by atoms with van der Waals surface area (Å²) < 4.78 is 41.9. The van der Waals surface area contributed by atoms with Gasteiger partial charge in [0.1, 0.15) is 30.2 Å². The minimum atomic E-state index is -3.11. The lowest BCUT2D eigenvalue weighted by atomic mass is 10.1. The van der Waals surface area contributed by atoms with Crippen LogP contribution in [0.15, 0.2) is 37.2 Å². The Morgan fingerprint density at radius 1 is 0.978 bits per heavy atom. The number of hydrogen-bond acceptors (Lipinski definition) is 12. The van der Waals surface area contributed by atoms with Gasteiger partial charge in [0.05, 0.1) is 25.6 Å². The highest BCUT2D eigenvalue weighted by Gasteiger charge is 2.55. The molecule has 3 aromatic heterocycles. The predicted octanol–water partition coefficient (Wildman–Crippen LogP) is 6.90. The normalized spacial score (nSPS) is 28.2. The largest absolute Gasteiger partial charge is 0.408 e. The Labute approximate surface area is 279 Å². The Balaban J connectivity index is 1.52. The third-order valence-corrected chi connectivity index (χ3v) is 21.1. The summed E-state index contributed by atoms with van der Waals surface area (Å²) in [6, 6.07) is 3.86. The summed E-state index contributed by atoms with van der Waals surface area (Å²) in [5, 5.41) is -0.139. The van der Waals surface area contributed by atoms with E-state index in [0.717, 1.165) is 5.56 Å². The lowest BCUT2D eigenvalue weighted by molar-refractivity contribution is -0.0515. The number of aromatic nitrogens is 5. The first-order valence-corrected chi connectivity index (χ1v) is 24.1. The Kier molecular flexibility index (Phi) is 10.1. The van der Waals surface area contributed by atoms with Crippen LogP contribution in [0.5, 0.6) is 0 Å². The van der Waals surface area contributed by atoms with Crippen LogP contribution in [0.25, 0.3) is 11.2 Å². The van der Waals surface area contributed by atoms with Gasteiger partial charge in [-0.3, -0.25) is 9.55 Å². The number of ether oxygens (including phenoxy) is 1. The molecule has 0 saturated carbocycles. The van der Waals surface area contributed by atoms with Crippen molar-refractivity contribution in [3.63, 3.8) is 0 Å². The third kappa shape index (κ3) is 7.33. The second kappa shape index (κ2) is 13.0. The molecule has 46 heavy (non-hydrogen) atoms. The molecular weight excluding hydrogens is 660 g/mol. The van der Waals surface area contributed by atoms with Gasteiger partial charge in [0.15, 0.2) is 34.3 Å². The van der Waals surface area contributed by atoms with Gasteiger partial charge in [-0.2, -0.15) is 0 Å². The van der Waals surface area contributed by atoms with E-state index in [1.165, 1.54) is 6.33 Å². The Bertz CT molecular complexity index is 1570. The van der Waals surface area contributed by atoms with Gasteiger partial charge in [-0.15, -0.1) is 0 Å². The number of nitrogens with zero attached hydrogens (tertiary/aromatic N) is 5. The molecule has 6 atom stereocenters. The van der Waals surface area contributed by atoms with E-state index in [2.05, 4.69) is 87.7 Å². The Morgan fingerprint density at radius 2 is 1.61 bits per heavy atom. The van der Waals surface area contributed by atoms with Crippen molar-refractivity contribution in [2.24, 2.45) is 0 Å². The minimum absolute atomic E-state index is 0.0685. The van der Waals surface area contributed by atoms with E-state index in [9.17, 15) is 0 Å². The van der Waals surface area contributed by atoms with Crippen molar-refractivity contribution in [3.8, 4) is 0 Å². The predicted molar refractivity (Wildman–Crippen MR) is 187 cm³/mol. The van der Waals surface area contributed by atoms with Crippen molar-refractivity contribution in [2.75, 3.05) is 18.9 Å². The lowest BCUT2D eigenvalue weighted by Crippen LogP contribution is -2.54. The molecule has 2 fully saturated rings. The maximum absolute atomic E-state index is 7.22. The van der Waals surface area contributed by atoms with Gasteiger partial charge in [-0.1, -0.05) is 41.5 Å². The second-order valence-corrected chi connectivity index (χ2v) is 27.5. The molecule has 12 nitrogen and oxygen atoms in total. The Morgan fingerprint density at radius 3 is 2.24 bits per heavy atom. The van der Waals surface area contributed by atoms with Crippen molar-refractivity contribution >= 4 is 52.1 Å². The van der Waals surface area contributed by atoms with Crippen LogP contribution in [0.1, 0.15) is 65.9 Å². The number of anilines is 1. The molecule has 2 aliphatic heterocycles. The SMILES string of the molecule is CC(C)(C)[Si](C)(C)O[C@@H]1[C@H](O[Si](C)(C)C(C)(C)C)[C@@H](COP2(=S)OCCC(c3ccncc3)O2)O[C@H]1n1cnc2c(N)ncnc21. The molecule has 0 bridgehead atoms. The quantitative estimate of drug-likeness (QED) is 0.183. The first kappa shape index (κ1) is 35.6. The fourth-order valence-electron chi connectivity index (χ4n) is 4.97. The molecule has 0 aliphatic carbocycles. The van der Waals surface area contributed by atoms with Crippen LogP contribution in [0.4, 0.5) is 5.82 Å². The minimum Gasteiger partial charge on any atom is -0.408 e. The highest BCUT2D eigenvalue weighted by molar-refractivity contribution is 8.07. The van der Waals surface area contributed by atoms with E-state index in [0.29, 0.717) is 30.0 Å². The van der Waals surface area contributed by atoms with E-state index in [1.54, 1.807) is 18.7 Å². The number of hydrogen-bond donors (Lipinski definition) is 1. The maximum atomic E-state index is 7.22. The van der Waals surface area contributed by atoms with Crippen LogP contribution in [0.2, 0.25) is 36.3 Å². The van der Waals surface area contributed by atoms with Gasteiger partial charge in [-0.05, 0) is 65.8 Å². The molecule has 16 heteroatoms. The van der Waals surface area contributed by atoms with Gasteiger partial charge >= 0.3 is 6.72 Å². The number of pyridine rings is 1. The Hall–Kier alpha value is -1.66.